The lowest BCUT2D eigenvalue weighted by molar-refractivity contribution is 0.0894. The molecule has 9 heteroatoms. The van der Waals surface area contributed by atoms with Gasteiger partial charge in [0.2, 0.25) is 5.95 Å². The maximum absolute atomic E-state index is 12.4. The molecule has 140 valence electrons. The first-order valence-electron chi connectivity index (χ1n) is 8.42. The second kappa shape index (κ2) is 7.28. The van der Waals surface area contributed by atoms with Crippen LogP contribution in [0.1, 0.15) is 46.3 Å². The number of hydrogen-bond donors (Lipinski definition) is 2. The second-order valence-corrected chi connectivity index (χ2v) is 6.73. The lowest BCUT2D eigenvalue weighted by atomic mass is 9.78. The zero-order valence-corrected chi connectivity index (χ0v) is 15.3. The van der Waals surface area contributed by atoms with Gasteiger partial charge in [-0.25, -0.2) is 4.98 Å². The third-order valence-corrected chi connectivity index (χ3v) is 4.55. The van der Waals surface area contributed by atoms with Crippen molar-refractivity contribution in [1.29, 1.82) is 0 Å². The van der Waals surface area contributed by atoms with Crippen molar-refractivity contribution in [3.63, 3.8) is 0 Å². The maximum atomic E-state index is 12.4. The van der Waals surface area contributed by atoms with E-state index in [1.54, 1.807) is 18.9 Å². The zero-order valence-electron chi connectivity index (χ0n) is 15.3. The summed E-state index contributed by atoms with van der Waals surface area (Å²) in [6, 6.07) is 1.54. The number of carbonyl (C=O) groups excluding carboxylic acids is 1. The molecule has 0 atom stereocenters. The highest BCUT2D eigenvalue weighted by atomic mass is 16.5. The standard InChI is InChI=1S/C17H23N5O4/c1-9-12(8-25-4)15(21-26-9)16(24)18-11-5-10(6-11)13-7-14(23)20-17(19-13)22(2)3/h7,10-11H,5-6,8H2,1-4H3,(H,18,24)(H,19,20,23). The quantitative estimate of drug-likeness (QED) is 0.787. The van der Waals surface area contributed by atoms with Crippen LogP contribution in [-0.4, -0.2) is 48.3 Å². The highest BCUT2D eigenvalue weighted by Crippen LogP contribution is 2.36. The summed E-state index contributed by atoms with van der Waals surface area (Å²) < 4.78 is 10.2. The lowest BCUT2D eigenvalue weighted by Gasteiger charge is -2.35. The second-order valence-electron chi connectivity index (χ2n) is 6.73. The molecular weight excluding hydrogens is 338 g/mol. The predicted octanol–water partition coefficient (Wildman–Crippen LogP) is 0.955. The number of aryl methyl sites for hydroxylation is 1. The van der Waals surface area contributed by atoms with Gasteiger partial charge in [-0.2, -0.15) is 0 Å². The number of aromatic amines is 1. The Hall–Kier alpha value is -2.68. The number of carbonyl (C=O) groups is 1. The molecule has 0 radical (unpaired) electrons. The average molecular weight is 361 g/mol. The molecule has 2 heterocycles. The van der Waals surface area contributed by atoms with Crippen LogP contribution in [0.3, 0.4) is 0 Å². The van der Waals surface area contributed by atoms with E-state index in [1.807, 2.05) is 14.1 Å². The Kier molecular flexibility index (Phi) is 5.08. The van der Waals surface area contributed by atoms with E-state index < -0.39 is 0 Å². The van der Waals surface area contributed by atoms with Crippen molar-refractivity contribution >= 4 is 11.9 Å². The Morgan fingerprint density at radius 2 is 2.19 bits per heavy atom. The van der Waals surface area contributed by atoms with Crippen LogP contribution in [0.15, 0.2) is 15.4 Å². The van der Waals surface area contributed by atoms with Crippen LogP contribution in [0.25, 0.3) is 0 Å². The molecular formula is C17H23N5O4. The van der Waals surface area contributed by atoms with Crippen LogP contribution in [-0.2, 0) is 11.3 Å². The fourth-order valence-corrected chi connectivity index (χ4v) is 3.00. The van der Waals surface area contributed by atoms with E-state index in [0.29, 0.717) is 17.3 Å². The van der Waals surface area contributed by atoms with Crippen molar-refractivity contribution in [3.05, 3.63) is 39.1 Å². The highest BCUT2D eigenvalue weighted by molar-refractivity contribution is 5.94. The summed E-state index contributed by atoms with van der Waals surface area (Å²) in [5.74, 6) is 0.985. The van der Waals surface area contributed by atoms with Gasteiger partial charge in [-0.3, -0.25) is 14.6 Å². The summed E-state index contributed by atoms with van der Waals surface area (Å²) in [4.78, 5) is 33.1. The van der Waals surface area contributed by atoms with Crippen LogP contribution >= 0.6 is 0 Å². The fraction of sp³-hybridized carbons (Fsp3) is 0.529. The van der Waals surface area contributed by atoms with E-state index >= 15 is 0 Å². The molecule has 1 amide bonds. The first-order valence-corrected chi connectivity index (χ1v) is 8.42. The molecule has 2 aromatic rings. The molecule has 2 N–H and O–H groups in total. The summed E-state index contributed by atoms with van der Waals surface area (Å²) >= 11 is 0. The van der Waals surface area contributed by atoms with Gasteiger partial charge in [-0.05, 0) is 19.8 Å². The van der Waals surface area contributed by atoms with Gasteiger partial charge in [0, 0.05) is 39.2 Å². The zero-order chi connectivity index (χ0) is 18.8. The molecule has 0 aromatic carbocycles. The SMILES string of the molecule is COCc1c(C(=O)NC2CC(c3cc(=O)[nH]c(N(C)C)n3)C2)noc1C. The highest BCUT2D eigenvalue weighted by Gasteiger charge is 2.34. The number of nitrogens with zero attached hydrogens (tertiary/aromatic N) is 3. The molecule has 0 unspecified atom stereocenters. The van der Waals surface area contributed by atoms with E-state index in [-0.39, 0.29) is 35.7 Å². The molecule has 1 saturated carbocycles. The largest absolute Gasteiger partial charge is 0.380 e. The minimum absolute atomic E-state index is 0.0174. The summed E-state index contributed by atoms with van der Waals surface area (Å²) in [5, 5.41) is 6.79. The number of aromatic nitrogens is 3. The minimum Gasteiger partial charge on any atom is -0.380 e. The third kappa shape index (κ3) is 3.62. The van der Waals surface area contributed by atoms with Gasteiger partial charge in [0.25, 0.3) is 11.5 Å². The Labute approximate surface area is 150 Å². The summed E-state index contributed by atoms with van der Waals surface area (Å²) in [6.45, 7) is 2.02. The number of anilines is 1. The Morgan fingerprint density at radius 3 is 2.85 bits per heavy atom. The number of ether oxygens (including phenoxy) is 1. The van der Waals surface area contributed by atoms with Crippen molar-refractivity contribution in [2.24, 2.45) is 0 Å². The van der Waals surface area contributed by atoms with Gasteiger partial charge >= 0.3 is 0 Å². The number of nitrogens with one attached hydrogen (secondary N) is 2. The topological polar surface area (TPSA) is 113 Å². The lowest BCUT2D eigenvalue weighted by Crippen LogP contribution is -2.44. The molecule has 1 aliphatic carbocycles. The van der Waals surface area contributed by atoms with Crippen molar-refractivity contribution in [1.82, 2.24) is 20.4 Å². The van der Waals surface area contributed by atoms with E-state index in [9.17, 15) is 9.59 Å². The Bertz CT molecular complexity index is 851. The van der Waals surface area contributed by atoms with Crippen LogP contribution in [0, 0.1) is 6.92 Å². The van der Waals surface area contributed by atoms with Crippen LogP contribution < -0.4 is 15.8 Å². The predicted molar refractivity (Wildman–Crippen MR) is 94.4 cm³/mol. The molecule has 9 nitrogen and oxygen atoms in total. The number of rotatable bonds is 6. The van der Waals surface area contributed by atoms with Gasteiger partial charge in [0.1, 0.15) is 5.76 Å². The van der Waals surface area contributed by atoms with E-state index in [1.165, 1.54) is 6.07 Å². The molecule has 3 rings (SSSR count). The van der Waals surface area contributed by atoms with Gasteiger partial charge < -0.3 is 19.5 Å². The Morgan fingerprint density at radius 1 is 1.46 bits per heavy atom. The molecule has 0 aliphatic heterocycles. The van der Waals surface area contributed by atoms with Crippen molar-refractivity contribution < 1.29 is 14.1 Å². The number of amides is 1. The maximum Gasteiger partial charge on any atom is 0.274 e. The van der Waals surface area contributed by atoms with E-state index in [2.05, 4.69) is 20.4 Å². The van der Waals surface area contributed by atoms with E-state index in [0.717, 1.165) is 18.5 Å². The van der Waals surface area contributed by atoms with Gasteiger partial charge in [-0.15, -0.1) is 0 Å². The summed E-state index contributed by atoms with van der Waals surface area (Å²) in [7, 11) is 5.20. The third-order valence-electron chi connectivity index (χ3n) is 4.55. The average Bonchev–Trinajstić information content (AvgIpc) is 2.91. The number of methoxy groups -OCH3 is 1. The monoisotopic (exact) mass is 361 g/mol. The van der Waals surface area contributed by atoms with Gasteiger partial charge in [0.15, 0.2) is 5.69 Å². The Balaban J connectivity index is 1.63. The number of H-pyrrole nitrogens is 1. The van der Waals surface area contributed by atoms with E-state index in [4.69, 9.17) is 9.26 Å². The number of hydrogen-bond acceptors (Lipinski definition) is 7. The molecule has 1 fully saturated rings. The summed E-state index contributed by atoms with van der Waals surface area (Å²) in [6.07, 6.45) is 1.46. The van der Waals surface area contributed by atoms with Crippen LogP contribution in [0.5, 0.6) is 0 Å². The summed E-state index contributed by atoms with van der Waals surface area (Å²) in [5.41, 5.74) is 1.50. The molecule has 0 spiro atoms. The van der Waals surface area contributed by atoms with Gasteiger partial charge in [-0.1, -0.05) is 5.16 Å². The molecule has 2 aromatic heterocycles. The first kappa shape index (κ1) is 18.1. The van der Waals surface area contributed by atoms with Crippen molar-refractivity contribution in [3.8, 4) is 0 Å². The molecule has 0 bridgehead atoms. The molecule has 26 heavy (non-hydrogen) atoms. The van der Waals surface area contributed by atoms with Crippen LogP contribution in [0.4, 0.5) is 5.95 Å². The molecule has 0 saturated heterocycles. The van der Waals surface area contributed by atoms with Crippen molar-refractivity contribution in [2.45, 2.75) is 38.3 Å². The minimum atomic E-state index is -0.273. The smallest absolute Gasteiger partial charge is 0.274 e. The molecule has 1 aliphatic rings. The van der Waals surface area contributed by atoms with Gasteiger partial charge in [0.05, 0.1) is 17.9 Å². The fourth-order valence-electron chi connectivity index (χ4n) is 3.00. The van der Waals surface area contributed by atoms with Crippen LogP contribution in [0.2, 0.25) is 0 Å². The normalized spacial score (nSPS) is 19.1. The van der Waals surface area contributed by atoms with Crippen molar-refractivity contribution in [2.75, 3.05) is 26.1 Å². The first-order chi connectivity index (χ1) is 12.4.